The monoisotopic (exact) mass is 435 g/mol. The Kier molecular flexibility index (Phi) is 8.72. The molecule has 0 unspecified atom stereocenters. The van der Waals surface area contributed by atoms with Crippen LogP contribution in [0, 0.1) is 6.92 Å². The maximum atomic E-state index is 11.8. The molecule has 0 aliphatic heterocycles. The summed E-state index contributed by atoms with van der Waals surface area (Å²) in [6.07, 6.45) is 4.17. The van der Waals surface area contributed by atoms with Gasteiger partial charge in [0.05, 0.1) is 17.6 Å². The van der Waals surface area contributed by atoms with Crippen molar-refractivity contribution in [2.45, 2.75) is 72.3 Å². The minimum atomic E-state index is 0.115. The number of carbonyl (C=O) groups excluding carboxylic acids is 1. The number of fused-ring (bicyclic) bond motifs is 1. The van der Waals surface area contributed by atoms with Crippen LogP contribution in [0.25, 0.3) is 11.0 Å². The highest BCUT2D eigenvalue weighted by molar-refractivity contribution is 5.76. The summed E-state index contributed by atoms with van der Waals surface area (Å²) in [7, 11) is 0. The largest absolute Gasteiger partial charge is 0.493 e. The average Bonchev–Trinajstić information content (AvgIpc) is 3.11. The summed E-state index contributed by atoms with van der Waals surface area (Å²) in [6, 6.07) is 14.7. The first-order valence-electron chi connectivity index (χ1n) is 11.9. The number of hydrogen-bond donors (Lipinski definition) is 1. The molecule has 32 heavy (non-hydrogen) atoms. The lowest BCUT2D eigenvalue weighted by atomic mass is 10.0. The second-order valence-electron chi connectivity index (χ2n) is 8.77. The zero-order chi connectivity index (χ0) is 22.9. The van der Waals surface area contributed by atoms with Gasteiger partial charge in [0.2, 0.25) is 5.91 Å². The third-order valence-electron chi connectivity index (χ3n) is 5.71. The van der Waals surface area contributed by atoms with E-state index in [0.29, 0.717) is 25.5 Å². The zero-order valence-electron chi connectivity index (χ0n) is 20.0. The van der Waals surface area contributed by atoms with Crippen molar-refractivity contribution in [3.8, 4) is 5.75 Å². The van der Waals surface area contributed by atoms with Crippen LogP contribution in [-0.2, 0) is 17.8 Å². The van der Waals surface area contributed by atoms with E-state index < -0.39 is 0 Å². The van der Waals surface area contributed by atoms with Crippen molar-refractivity contribution in [1.29, 1.82) is 0 Å². The van der Waals surface area contributed by atoms with Crippen LogP contribution in [0.5, 0.6) is 5.75 Å². The lowest BCUT2D eigenvalue weighted by molar-refractivity contribution is -0.121. The summed E-state index contributed by atoms with van der Waals surface area (Å²) in [4.78, 5) is 16.6. The number of hydrogen-bond acceptors (Lipinski definition) is 3. The number of ether oxygens (including phenoxy) is 1. The lowest BCUT2D eigenvalue weighted by Gasteiger charge is -2.15. The second kappa shape index (κ2) is 11.7. The van der Waals surface area contributed by atoms with E-state index in [1.165, 1.54) is 11.1 Å². The van der Waals surface area contributed by atoms with Gasteiger partial charge in [-0.05, 0) is 61.4 Å². The summed E-state index contributed by atoms with van der Waals surface area (Å²) < 4.78 is 8.46. The Morgan fingerprint density at radius 1 is 1.16 bits per heavy atom. The molecule has 0 aliphatic rings. The minimum absolute atomic E-state index is 0.115. The fraction of sp³-hybridized carbons (Fsp3) is 0.481. The molecule has 1 amide bonds. The van der Waals surface area contributed by atoms with Crippen molar-refractivity contribution >= 4 is 16.9 Å². The van der Waals surface area contributed by atoms with E-state index in [-0.39, 0.29) is 5.91 Å². The van der Waals surface area contributed by atoms with Gasteiger partial charge in [-0.2, -0.15) is 0 Å². The molecule has 5 heteroatoms. The Hall–Kier alpha value is -2.82. The molecule has 0 saturated carbocycles. The van der Waals surface area contributed by atoms with Crippen molar-refractivity contribution in [2.75, 3.05) is 13.2 Å². The van der Waals surface area contributed by atoms with Crippen LogP contribution >= 0.6 is 0 Å². The number of aryl methyl sites for hydroxylation is 2. The number of carbonyl (C=O) groups is 1. The number of amides is 1. The first-order chi connectivity index (χ1) is 15.5. The molecule has 0 spiro atoms. The molecular weight excluding hydrogens is 398 g/mol. The SMILES string of the molecule is CCCC(=O)NCCc1nc2ccccc2n1CCCCOc1cc(C)ccc1C(C)C. The van der Waals surface area contributed by atoms with Gasteiger partial charge in [-0.15, -0.1) is 0 Å². The molecule has 3 aromatic rings. The van der Waals surface area contributed by atoms with Crippen LogP contribution in [0.1, 0.15) is 69.3 Å². The third kappa shape index (κ3) is 6.35. The molecular formula is C27H37N3O2. The van der Waals surface area contributed by atoms with Crippen molar-refractivity contribution in [3.05, 3.63) is 59.4 Å². The van der Waals surface area contributed by atoms with Gasteiger partial charge in [-0.25, -0.2) is 4.98 Å². The van der Waals surface area contributed by atoms with Gasteiger partial charge in [0.1, 0.15) is 11.6 Å². The topological polar surface area (TPSA) is 56.2 Å². The lowest BCUT2D eigenvalue weighted by Crippen LogP contribution is -2.26. The van der Waals surface area contributed by atoms with E-state index in [4.69, 9.17) is 9.72 Å². The molecule has 0 bridgehead atoms. The maximum Gasteiger partial charge on any atom is 0.219 e. The normalized spacial score (nSPS) is 11.3. The molecule has 0 aliphatic carbocycles. The molecule has 0 atom stereocenters. The molecule has 2 aromatic carbocycles. The number of nitrogens with zero attached hydrogens (tertiary/aromatic N) is 2. The van der Waals surface area contributed by atoms with E-state index in [1.54, 1.807) is 0 Å². The highest BCUT2D eigenvalue weighted by atomic mass is 16.5. The zero-order valence-corrected chi connectivity index (χ0v) is 20.0. The summed E-state index contributed by atoms with van der Waals surface area (Å²) in [5, 5.41) is 3.00. The Morgan fingerprint density at radius 3 is 2.75 bits per heavy atom. The molecule has 0 radical (unpaired) electrons. The average molecular weight is 436 g/mol. The minimum Gasteiger partial charge on any atom is -0.493 e. The standard InChI is InChI=1S/C27H37N3O2/c1-5-10-27(31)28-16-15-26-29-23-11-6-7-12-24(23)30(26)17-8-9-18-32-25-19-21(4)13-14-22(25)20(2)3/h6-7,11-14,19-20H,5,8-10,15-18H2,1-4H3,(H,28,31). The number of imidazole rings is 1. The van der Waals surface area contributed by atoms with Crippen molar-refractivity contribution < 1.29 is 9.53 Å². The summed E-state index contributed by atoms with van der Waals surface area (Å²) >= 11 is 0. The van der Waals surface area contributed by atoms with E-state index in [0.717, 1.165) is 54.8 Å². The molecule has 0 fully saturated rings. The third-order valence-corrected chi connectivity index (χ3v) is 5.71. The van der Waals surface area contributed by atoms with E-state index in [2.05, 4.69) is 67.1 Å². The van der Waals surface area contributed by atoms with Gasteiger partial charge >= 0.3 is 0 Å². The maximum absolute atomic E-state index is 11.8. The fourth-order valence-electron chi connectivity index (χ4n) is 3.99. The molecule has 5 nitrogen and oxygen atoms in total. The molecule has 1 aromatic heterocycles. The summed E-state index contributed by atoms with van der Waals surface area (Å²) in [5.74, 6) is 2.61. The number of para-hydroxylation sites is 2. The summed E-state index contributed by atoms with van der Waals surface area (Å²) in [5.41, 5.74) is 4.66. The van der Waals surface area contributed by atoms with Crippen molar-refractivity contribution in [1.82, 2.24) is 14.9 Å². The van der Waals surface area contributed by atoms with Crippen LogP contribution < -0.4 is 10.1 Å². The first kappa shape index (κ1) is 23.8. The molecule has 3 rings (SSSR count). The van der Waals surface area contributed by atoms with Crippen LogP contribution in [-0.4, -0.2) is 28.6 Å². The molecule has 172 valence electrons. The number of benzene rings is 2. The van der Waals surface area contributed by atoms with Crippen LogP contribution in [0.15, 0.2) is 42.5 Å². The Morgan fingerprint density at radius 2 is 1.97 bits per heavy atom. The quantitative estimate of drug-likeness (QED) is 0.367. The Balaban J connectivity index is 1.57. The number of rotatable bonds is 12. The Labute approximate surface area is 192 Å². The van der Waals surface area contributed by atoms with Gasteiger partial charge in [-0.3, -0.25) is 4.79 Å². The highest BCUT2D eigenvalue weighted by Gasteiger charge is 2.11. The van der Waals surface area contributed by atoms with Crippen LogP contribution in [0.3, 0.4) is 0 Å². The van der Waals surface area contributed by atoms with E-state index in [1.807, 2.05) is 13.0 Å². The van der Waals surface area contributed by atoms with Crippen molar-refractivity contribution in [2.24, 2.45) is 0 Å². The van der Waals surface area contributed by atoms with Gasteiger partial charge < -0.3 is 14.6 Å². The predicted octanol–water partition coefficient (Wildman–Crippen LogP) is 5.79. The Bertz CT molecular complexity index is 1020. The van der Waals surface area contributed by atoms with E-state index >= 15 is 0 Å². The van der Waals surface area contributed by atoms with E-state index in [9.17, 15) is 4.79 Å². The fourth-order valence-corrected chi connectivity index (χ4v) is 3.99. The molecule has 1 N–H and O–H groups in total. The molecule has 0 saturated heterocycles. The van der Waals surface area contributed by atoms with Gasteiger partial charge in [0.15, 0.2) is 0 Å². The van der Waals surface area contributed by atoms with Crippen molar-refractivity contribution in [3.63, 3.8) is 0 Å². The van der Waals surface area contributed by atoms with Gasteiger partial charge in [0, 0.05) is 25.9 Å². The number of unbranched alkanes of at least 4 members (excludes halogenated alkanes) is 1. The molecule has 1 heterocycles. The van der Waals surface area contributed by atoms with Gasteiger partial charge in [0.25, 0.3) is 0 Å². The van der Waals surface area contributed by atoms with Crippen LogP contribution in [0.4, 0.5) is 0 Å². The summed E-state index contributed by atoms with van der Waals surface area (Å²) in [6.45, 7) is 10.8. The number of aromatic nitrogens is 2. The highest BCUT2D eigenvalue weighted by Crippen LogP contribution is 2.27. The van der Waals surface area contributed by atoms with Gasteiger partial charge in [-0.1, -0.05) is 45.0 Å². The smallest absolute Gasteiger partial charge is 0.219 e. The van der Waals surface area contributed by atoms with Crippen LogP contribution in [0.2, 0.25) is 0 Å². The first-order valence-corrected chi connectivity index (χ1v) is 11.9. The second-order valence-corrected chi connectivity index (χ2v) is 8.77. The number of nitrogens with one attached hydrogen (secondary N) is 1. The predicted molar refractivity (Wildman–Crippen MR) is 131 cm³/mol.